The summed E-state index contributed by atoms with van der Waals surface area (Å²) in [6.07, 6.45) is 5.14. The van der Waals surface area contributed by atoms with Gasteiger partial charge in [-0.05, 0) is 31.4 Å². The molecule has 2 aliphatic rings. The minimum atomic E-state index is -0.427. The highest BCUT2D eigenvalue weighted by Gasteiger charge is 2.27. The molecule has 1 unspecified atom stereocenters. The van der Waals surface area contributed by atoms with Crippen LogP contribution in [0.2, 0.25) is 0 Å². The smallest absolute Gasteiger partial charge is 0.309 e. The first-order chi connectivity index (χ1) is 12.2. The highest BCUT2D eigenvalue weighted by molar-refractivity contribution is 5.90. The maximum atomic E-state index is 12.3. The third-order valence-electron chi connectivity index (χ3n) is 4.22. The molecule has 1 saturated carbocycles. The molecule has 0 radical (unpaired) electrons. The van der Waals surface area contributed by atoms with E-state index < -0.39 is 5.91 Å². The largest absolute Gasteiger partial charge is 0.490 e. The molecule has 25 heavy (non-hydrogen) atoms. The van der Waals surface area contributed by atoms with E-state index in [1.807, 2.05) is 24.3 Å². The molecule has 1 aromatic heterocycles. The van der Waals surface area contributed by atoms with Crippen molar-refractivity contribution in [1.29, 1.82) is 5.26 Å². The second-order valence-electron chi connectivity index (χ2n) is 6.23. The van der Waals surface area contributed by atoms with Crippen molar-refractivity contribution in [3.05, 3.63) is 30.2 Å². The van der Waals surface area contributed by atoms with E-state index in [0.717, 1.165) is 19.3 Å². The van der Waals surface area contributed by atoms with Crippen LogP contribution >= 0.6 is 0 Å². The van der Waals surface area contributed by atoms with Gasteiger partial charge in [0.2, 0.25) is 0 Å². The lowest BCUT2D eigenvalue weighted by molar-refractivity contribution is 0.0904. The summed E-state index contributed by atoms with van der Waals surface area (Å²) in [5, 5.41) is 19.5. The number of aromatic nitrogens is 2. The number of hydrogen-bond donors (Lipinski definition) is 1. The minimum Gasteiger partial charge on any atom is -0.490 e. The number of benzene rings is 1. The van der Waals surface area contributed by atoms with Gasteiger partial charge in [-0.15, -0.1) is 10.2 Å². The summed E-state index contributed by atoms with van der Waals surface area (Å²) in [6.45, 7) is 1.14. The van der Waals surface area contributed by atoms with E-state index in [-0.39, 0.29) is 23.9 Å². The number of para-hydroxylation sites is 1. The van der Waals surface area contributed by atoms with Crippen molar-refractivity contribution in [1.82, 2.24) is 20.4 Å². The summed E-state index contributed by atoms with van der Waals surface area (Å²) in [6, 6.07) is 7.33. The highest BCUT2D eigenvalue weighted by atomic mass is 16.5. The summed E-state index contributed by atoms with van der Waals surface area (Å²) in [7, 11) is 0. The first kappa shape index (κ1) is 15.4. The van der Waals surface area contributed by atoms with Gasteiger partial charge in [0.15, 0.2) is 6.19 Å². The van der Waals surface area contributed by atoms with Crippen LogP contribution in [0.1, 0.15) is 29.9 Å². The van der Waals surface area contributed by atoms with E-state index in [9.17, 15) is 4.79 Å². The first-order valence-corrected chi connectivity index (χ1v) is 8.28. The number of nitrogens with one attached hydrogen (secondary N) is 1. The van der Waals surface area contributed by atoms with E-state index >= 15 is 0 Å². The van der Waals surface area contributed by atoms with Crippen molar-refractivity contribution in [3.8, 4) is 23.4 Å². The monoisotopic (exact) mass is 339 g/mol. The van der Waals surface area contributed by atoms with Crippen LogP contribution in [-0.4, -0.2) is 46.2 Å². The van der Waals surface area contributed by atoms with Crippen LogP contribution < -0.4 is 10.1 Å². The first-order valence-electron chi connectivity index (χ1n) is 8.28. The maximum absolute atomic E-state index is 12.3. The number of carbonyl (C=O) groups excluding carboxylic acids is 1. The molecule has 1 aromatic carbocycles. The number of ether oxygens (including phenoxy) is 1. The van der Waals surface area contributed by atoms with Crippen LogP contribution in [0.5, 0.6) is 5.75 Å². The Hall–Kier alpha value is -3.08. The molecule has 1 aliphatic heterocycles. The van der Waals surface area contributed by atoms with Crippen LogP contribution in [0.3, 0.4) is 0 Å². The Kier molecular flexibility index (Phi) is 3.98. The second kappa shape index (κ2) is 6.43. The Balaban J connectivity index is 1.47. The van der Waals surface area contributed by atoms with Gasteiger partial charge in [-0.25, -0.2) is 0 Å². The molecule has 2 fully saturated rings. The van der Waals surface area contributed by atoms with E-state index in [0.29, 0.717) is 24.4 Å². The maximum Gasteiger partial charge on any atom is 0.309 e. The second-order valence-corrected chi connectivity index (χ2v) is 6.23. The van der Waals surface area contributed by atoms with E-state index in [1.54, 1.807) is 4.90 Å². The fourth-order valence-corrected chi connectivity index (χ4v) is 2.75. The number of amides is 1. The topological polar surface area (TPSA) is 104 Å². The third kappa shape index (κ3) is 3.40. The quantitative estimate of drug-likeness (QED) is 0.824. The molecule has 128 valence electrons. The van der Waals surface area contributed by atoms with Gasteiger partial charge in [0.1, 0.15) is 5.75 Å². The van der Waals surface area contributed by atoms with Crippen molar-refractivity contribution in [2.45, 2.75) is 31.4 Å². The highest BCUT2D eigenvalue weighted by Crippen LogP contribution is 2.34. The number of nitrogens with zero attached hydrogens (tertiary/aromatic N) is 4. The van der Waals surface area contributed by atoms with Gasteiger partial charge >= 0.3 is 11.8 Å². The lowest BCUT2D eigenvalue weighted by Crippen LogP contribution is -2.36. The molecule has 8 nitrogen and oxygen atoms in total. The molecule has 1 saturated heterocycles. The third-order valence-corrected chi connectivity index (χ3v) is 4.22. The Morgan fingerprint density at radius 2 is 2.16 bits per heavy atom. The Bertz CT molecular complexity index is 824. The van der Waals surface area contributed by atoms with Crippen molar-refractivity contribution in [2.24, 2.45) is 0 Å². The normalized spacial score (nSPS) is 19.5. The van der Waals surface area contributed by atoms with E-state index in [2.05, 4.69) is 21.7 Å². The lowest BCUT2D eigenvalue weighted by atomic mass is 10.2. The van der Waals surface area contributed by atoms with Gasteiger partial charge in [0.25, 0.3) is 5.89 Å². The van der Waals surface area contributed by atoms with Gasteiger partial charge in [0, 0.05) is 19.1 Å². The predicted molar refractivity (Wildman–Crippen MR) is 86.4 cm³/mol. The van der Waals surface area contributed by atoms with Gasteiger partial charge in [0.05, 0.1) is 11.7 Å². The molecule has 8 heteroatoms. The molecule has 1 aliphatic carbocycles. The van der Waals surface area contributed by atoms with Crippen LogP contribution in [0, 0.1) is 11.5 Å². The number of rotatable bonds is 5. The zero-order valence-corrected chi connectivity index (χ0v) is 13.5. The molecule has 0 spiro atoms. The van der Waals surface area contributed by atoms with Gasteiger partial charge in [-0.1, -0.05) is 12.1 Å². The molecule has 1 atom stereocenters. The summed E-state index contributed by atoms with van der Waals surface area (Å²) < 4.78 is 11.4. The average Bonchev–Trinajstić information content (AvgIpc) is 3.13. The number of nitriles is 1. The number of likely N-dealkylation sites (tertiary alicyclic amines) is 1. The van der Waals surface area contributed by atoms with Crippen LogP contribution in [0.25, 0.3) is 11.5 Å². The Morgan fingerprint density at radius 3 is 2.92 bits per heavy atom. The summed E-state index contributed by atoms with van der Waals surface area (Å²) in [4.78, 5) is 13.9. The number of hydrogen-bond acceptors (Lipinski definition) is 7. The number of carbonyl (C=O) groups is 1. The van der Waals surface area contributed by atoms with Crippen LogP contribution in [-0.2, 0) is 0 Å². The summed E-state index contributed by atoms with van der Waals surface area (Å²) >= 11 is 0. The summed E-state index contributed by atoms with van der Waals surface area (Å²) in [5.74, 6) is 0.420. The van der Waals surface area contributed by atoms with Gasteiger partial charge < -0.3 is 19.4 Å². The lowest BCUT2D eigenvalue weighted by Gasteiger charge is -2.10. The Morgan fingerprint density at radius 1 is 1.32 bits per heavy atom. The average molecular weight is 339 g/mol. The fourth-order valence-electron chi connectivity index (χ4n) is 2.75. The van der Waals surface area contributed by atoms with Crippen molar-refractivity contribution in [2.75, 3.05) is 13.1 Å². The standard InChI is InChI=1S/C17H17N5O3/c18-10-22-8-7-11(9-22)19-15(23)17-21-20-16(25-17)13-3-1-2-4-14(13)24-12-5-6-12/h1-4,11-12H,5-9H2,(H,19,23). The molecule has 0 bridgehead atoms. The van der Waals surface area contributed by atoms with Crippen molar-refractivity contribution in [3.63, 3.8) is 0 Å². The van der Waals surface area contributed by atoms with Crippen molar-refractivity contribution >= 4 is 5.91 Å². The van der Waals surface area contributed by atoms with E-state index in [4.69, 9.17) is 14.4 Å². The zero-order chi connectivity index (χ0) is 17.2. The van der Waals surface area contributed by atoms with Crippen LogP contribution in [0.15, 0.2) is 28.7 Å². The SMILES string of the molecule is N#CN1CCC(NC(=O)c2nnc(-c3ccccc3OC3CC3)o2)C1. The van der Waals surface area contributed by atoms with Crippen molar-refractivity contribution < 1.29 is 13.9 Å². The zero-order valence-electron chi connectivity index (χ0n) is 13.5. The molecule has 1 amide bonds. The van der Waals surface area contributed by atoms with E-state index in [1.165, 1.54) is 0 Å². The predicted octanol–water partition coefficient (Wildman–Crippen LogP) is 1.56. The van der Waals surface area contributed by atoms with Crippen LogP contribution in [0.4, 0.5) is 0 Å². The molecular weight excluding hydrogens is 322 g/mol. The molecule has 4 rings (SSSR count). The molecular formula is C17H17N5O3. The Labute approximate surface area is 144 Å². The molecule has 2 heterocycles. The minimum absolute atomic E-state index is 0.0898. The molecule has 1 N–H and O–H groups in total. The molecule has 2 aromatic rings. The summed E-state index contributed by atoms with van der Waals surface area (Å²) in [5.41, 5.74) is 0.678. The fraction of sp³-hybridized carbons (Fsp3) is 0.412. The van der Waals surface area contributed by atoms with Gasteiger partial charge in [-0.3, -0.25) is 4.79 Å². The van der Waals surface area contributed by atoms with Gasteiger partial charge in [-0.2, -0.15) is 5.26 Å².